The third-order valence-corrected chi connectivity index (χ3v) is 5.33. The molecule has 1 saturated heterocycles. The Balaban J connectivity index is 1.31. The molecule has 1 aromatic carbocycles. The summed E-state index contributed by atoms with van der Waals surface area (Å²) >= 11 is 0. The van der Waals surface area contributed by atoms with Gasteiger partial charge in [-0.2, -0.15) is 0 Å². The zero-order valence-corrected chi connectivity index (χ0v) is 16.4. The van der Waals surface area contributed by atoms with E-state index in [4.69, 9.17) is 0 Å². The van der Waals surface area contributed by atoms with Crippen LogP contribution in [-0.2, 0) is 13.0 Å². The molecule has 0 saturated carbocycles. The van der Waals surface area contributed by atoms with Crippen molar-refractivity contribution in [2.75, 3.05) is 18.4 Å². The number of hydrogen-bond donors (Lipinski definition) is 1. The molecule has 1 aliphatic rings. The van der Waals surface area contributed by atoms with Gasteiger partial charge in [0, 0.05) is 25.4 Å². The second kappa shape index (κ2) is 9.28. The third-order valence-electron chi connectivity index (χ3n) is 5.33. The molecule has 2 aromatic heterocycles. The van der Waals surface area contributed by atoms with Crippen molar-refractivity contribution < 1.29 is 4.79 Å². The van der Waals surface area contributed by atoms with Crippen molar-refractivity contribution in [2.24, 2.45) is 5.92 Å². The standard InChI is InChI=1S/C23H25N5O/c29-23(28-12-9-19(10-13-28)14-18-6-2-1-3-7-18)21-15-22(27-17-26-21)25-16-20-8-4-5-11-24-20/h1-8,11,15,17,19H,9-10,12-14,16H2,(H,25,26,27). The molecule has 1 aliphatic heterocycles. The number of anilines is 1. The zero-order chi connectivity index (χ0) is 19.9. The first-order chi connectivity index (χ1) is 14.3. The minimum Gasteiger partial charge on any atom is -0.364 e. The summed E-state index contributed by atoms with van der Waals surface area (Å²) in [6.45, 7) is 2.10. The van der Waals surface area contributed by atoms with E-state index in [1.807, 2.05) is 29.2 Å². The fourth-order valence-electron chi connectivity index (χ4n) is 3.70. The maximum absolute atomic E-state index is 12.9. The SMILES string of the molecule is O=C(c1cc(NCc2ccccn2)ncn1)N1CCC(Cc2ccccc2)CC1. The molecular weight excluding hydrogens is 362 g/mol. The monoisotopic (exact) mass is 387 g/mol. The highest BCUT2D eigenvalue weighted by molar-refractivity contribution is 5.92. The maximum Gasteiger partial charge on any atom is 0.272 e. The van der Waals surface area contributed by atoms with Crippen molar-refractivity contribution in [3.05, 3.63) is 84.1 Å². The number of rotatable bonds is 6. The third kappa shape index (κ3) is 5.16. The highest BCUT2D eigenvalue weighted by Gasteiger charge is 2.24. The number of nitrogens with zero attached hydrogens (tertiary/aromatic N) is 4. The van der Waals surface area contributed by atoms with Crippen LogP contribution in [0.2, 0.25) is 0 Å². The van der Waals surface area contributed by atoms with E-state index in [1.54, 1.807) is 12.3 Å². The Morgan fingerprint density at radius 3 is 2.55 bits per heavy atom. The largest absolute Gasteiger partial charge is 0.364 e. The number of aromatic nitrogens is 3. The topological polar surface area (TPSA) is 71.0 Å². The molecule has 6 heteroatoms. The van der Waals surface area contributed by atoms with Crippen LogP contribution in [0, 0.1) is 5.92 Å². The van der Waals surface area contributed by atoms with Gasteiger partial charge in [0.2, 0.25) is 0 Å². The molecule has 0 aliphatic carbocycles. The molecule has 6 nitrogen and oxygen atoms in total. The Labute approximate surface area is 171 Å². The number of pyridine rings is 1. The van der Waals surface area contributed by atoms with Gasteiger partial charge >= 0.3 is 0 Å². The fourth-order valence-corrected chi connectivity index (χ4v) is 3.70. The second-order valence-corrected chi connectivity index (χ2v) is 7.39. The van der Waals surface area contributed by atoms with Crippen LogP contribution in [0.25, 0.3) is 0 Å². The molecule has 0 bridgehead atoms. The van der Waals surface area contributed by atoms with E-state index in [0.717, 1.165) is 38.0 Å². The Bertz CT molecular complexity index is 924. The summed E-state index contributed by atoms with van der Waals surface area (Å²) in [6, 6.07) is 18.1. The average Bonchev–Trinajstić information content (AvgIpc) is 2.79. The van der Waals surface area contributed by atoms with Gasteiger partial charge in [0.15, 0.2) is 0 Å². The Morgan fingerprint density at radius 2 is 1.79 bits per heavy atom. The van der Waals surface area contributed by atoms with Gasteiger partial charge in [0.25, 0.3) is 5.91 Å². The number of amides is 1. The van der Waals surface area contributed by atoms with Crippen LogP contribution < -0.4 is 5.32 Å². The van der Waals surface area contributed by atoms with Crippen molar-refractivity contribution in [3.63, 3.8) is 0 Å². The highest BCUT2D eigenvalue weighted by atomic mass is 16.2. The summed E-state index contributed by atoms with van der Waals surface area (Å²) in [4.78, 5) is 27.5. The summed E-state index contributed by atoms with van der Waals surface area (Å²) in [5, 5.41) is 3.21. The highest BCUT2D eigenvalue weighted by Crippen LogP contribution is 2.22. The normalized spacial score (nSPS) is 14.6. The van der Waals surface area contributed by atoms with Gasteiger partial charge in [-0.25, -0.2) is 9.97 Å². The van der Waals surface area contributed by atoms with Gasteiger partial charge in [-0.15, -0.1) is 0 Å². The van der Waals surface area contributed by atoms with Gasteiger partial charge in [0.1, 0.15) is 17.8 Å². The zero-order valence-electron chi connectivity index (χ0n) is 16.4. The summed E-state index contributed by atoms with van der Waals surface area (Å²) in [5.41, 5.74) is 2.72. The van der Waals surface area contributed by atoms with Gasteiger partial charge in [-0.3, -0.25) is 9.78 Å². The Hall–Kier alpha value is -3.28. The van der Waals surface area contributed by atoms with Gasteiger partial charge < -0.3 is 10.2 Å². The molecule has 148 valence electrons. The quantitative estimate of drug-likeness (QED) is 0.700. The Morgan fingerprint density at radius 1 is 1.00 bits per heavy atom. The van der Waals surface area contributed by atoms with E-state index < -0.39 is 0 Å². The van der Waals surface area contributed by atoms with E-state index in [2.05, 4.69) is 44.5 Å². The van der Waals surface area contributed by atoms with Crippen molar-refractivity contribution in [2.45, 2.75) is 25.8 Å². The van der Waals surface area contributed by atoms with Crippen LogP contribution in [-0.4, -0.2) is 38.8 Å². The summed E-state index contributed by atoms with van der Waals surface area (Å²) < 4.78 is 0. The molecule has 3 heterocycles. The molecule has 29 heavy (non-hydrogen) atoms. The Kier molecular flexibility index (Phi) is 6.10. The first kappa shape index (κ1) is 19.1. The van der Waals surface area contributed by atoms with E-state index >= 15 is 0 Å². The molecule has 4 rings (SSSR count). The molecule has 3 aromatic rings. The van der Waals surface area contributed by atoms with Crippen LogP contribution in [0.5, 0.6) is 0 Å². The van der Waals surface area contributed by atoms with Crippen molar-refractivity contribution >= 4 is 11.7 Å². The van der Waals surface area contributed by atoms with E-state index in [-0.39, 0.29) is 5.91 Å². The molecule has 0 radical (unpaired) electrons. The lowest BCUT2D eigenvalue weighted by molar-refractivity contribution is 0.0684. The van der Waals surface area contributed by atoms with E-state index in [1.165, 1.54) is 11.9 Å². The van der Waals surface area contributed by atoms with Gasteiger partial charge in [0.05, 0.1) is 12.2 Å². The van der Waals surface area contributed by atoms with Gasteiger partial charge in [-0.1, -0.05) is 36.4 Å². The van der Waals surface area contributed by atoms with Crippen LogP contribution in [0.1, 0.15) is 34.6 Å². The predicted molar refractivity (Wildman–Crippen MR) is 112 cm³/mol. The van der Waals surface area contributed by atoms with E-state index in [0.29, 0.717) is 24.0 Å². The molecule has 1 N–H and O–H groups in total. The van der Waals surface area contributed by atoms with Crippen molar-refractivity contribution in [1.82, 2.24) is 19.9 Å². The molecule has 0 spiro atoms. The number of benzene rings is 1. The number of nitrogens with one attached hydrogen (secondary N) is 1. The maximum atomic E-state index is 12.9. The van der Waals surface area contributed by atoms with Gasteiger partial charge in [-0.05, 0) is 42.9 Å². The first-order valence-electron chi connectivity index (χ1n) is 10.1. The summed E-state index contributed by atoms with van der Waals surface area (Å²) in [5.74, 6) is 1.24. The molecule has 0 unspecified atom stereocenters. The smallest absolute Gasteiger partial charge is 0.272 e. The van der Waals surface area contributed by atoms with Crippen LogP contribution in [0.3, 0.4) is 0 Å². The van der Waals surface area contributed by atoms with Crippen LogP contribution in [0.15, 0.2) is 67.1 Å². The number of piperidine rings is 1. The lowest BCUT2D eigenvalue weighted by Crippen LogP contribution is -2.39. The summed E-state index contributed by atoms with van der Waals surface area (Å²) in [7, 11) is 0. The predicted octanol–water partition coefficient (Wildman–Crippen LogP) is 3.58. The molecule has 0 atom stereocenters. The lowest BCUT2D eigenvalue weighted by Gasteiger charge is -2.32. The molecular formula is C23H25N5O. The number of carbonyl (C=O) groups is 1. The van der Waals surface area contributed by atoms with Crippen molar-refractivity contribution in [3.8, 4) is 0 Å². The number of likely N-dealkylation sites (tertiary alicyclic amines) is 1. The number of hydrogen-bond acceptors (Lipinski definition) is 5. The minimum atomic E-state index is -0.0218. The second-order valence-electron chi connectivity index (χ2n) is 7.39. The first-order valence-corrected chi connectivity index (χ1v) is 10.1. The summed E-state index contributed by atoms with van der Waals surface area (Å²) in [6.07, 6.45) is 6.33. The molecule has 1 fully saturated rings. The minimum absolute atomic E-state index is 0.0218. The molecule has 1 amide bonds. The van der Waals surface area contributed by atoms with Crippen molar-refractivity contribution in [1.29, 1.82) is 0 Å². The fraction of sp³-hybridized carbons (Fsp3) is 0.304. The lowest BCUT2D eigenvalue weighted by atomic mass is 9.90. The average molecular weight is 387 g/mol. The van der Waals surface area contributed by atoms with Crippen LogP contribution in [0.4, 0.5) is 5.82 Å². The number of carbonyl (C=O) groups excluding carboxylic acids is 1. The van der Waals surface area contributed by atoms with Crippen LogP contribution >= 0.6 is 0 Å². The van der Waals surface area contributed by atoms with E-state index in [9.17, 15) is 4.79 Å².